The highest BCUT2D eigenvalue weighted by atomic mass is 19.4. The van der Waals surface area contributed by atoms with Gasteiger partial charge in [-0.3, -0.25) is 9.78 Å². The number of carbonyl (C=O) groups excluding carboxylic acids is 1. The first-order chi connectivity index (χ1) is 8.33. The predicted molar refractivity (Wildman–Crippen MR) is 61.5 cm³/mol. The third-order valence-electron chi connectivity index (χ3n) is 2.10. The topological polar surface area (TPSA) is 54.0 Å². The molecule has 0 aliphatic heterocycles. The van der Waals surface area contributed by atoms with Crippen LogP contribution in [0.2, 0.25) is 0 Å². The van der Waals surface area contributed by atoms with Crippen LogP contribution in [0.15, 0.2) is 12.3 Å². The van der Waals surface area contributed by atoms with E-state index in [1.165, 1.54) is 6.20 Å². The minimum Gasteiger partial charge on any atom is -0.385 e. The molecule has 0 fully saturated rings. The molecular weight excluding hydrogens is 247 g/mol. The first kappa shape index (κ1) is 14.3. The summed E-state index contributed by atoms with van der Waals surface area (Å²) < 4.78 is 36.0. The molecule has 18 heavy (non-hydrogen) atoms. The van der Waals surface area contributed by atoms with Crippen LogP contribution in [0.5, 0.6) is 0 Å². The molecule has 0 aromatic carbocycles. The molecule has 0 atom stereocenters. The van der Waals surface area contributed by atoms with E-state index in [4.69, 9.17) is 0 Å². The van der Waals surface area contributed by atoms with Crippen molar-refractivity contribution in [2.24, 2.45) is 0 Å². The highest BCUT2D eigenvalue weighted by Crippen LogP contribution is 2.17. The summed E-state index contributed by atoms with van der Waals surface area (Å²) in [7, 11) is 0. The molecule has 4 nitrogen and oxygen atoms in total. The summed E-state index contributed by atoms with van der Waals surface area (Å²) in [5, 5.41) is 4.73. The van der Waals surface area contributed by atoms with E-state index >= 15 is 0 Å². The fourth-order valence-electron chi connectivity index (χ4n) is 1.35. The van der Waals surface area contributed by atoms with E-state index in [9.17, 15) is 18.0 Å². The summed E-state index contributed by atoms with van der Waals surface area (Å²) in [4.78, 5) is 15.5. The molecular formula is C11H14F3N3O. The lowest BCUT2D eigenvalue weighted by molar-refractivity contribution is -0.123. The molecule has 1 heterocycles. The van der Waals surface area contributed by atoms with E-state index in [0.29, 0.717) is 17.9 Å². The monoisotopic (exact) mass is 261 g/mol. The maximum atomic E-state index is 12.0. The first-order valence-electron chi connectivity index (χ1n) is 5.39. The first-order valence-corrected chi connectivity index (χ1v) is 5.39. The van der Waals surface area contributed by atoms with Crippen LogP contribution in [0.1, 0.15) is 23.0 Å². The van der Waals surface area contributed by atoms with Crippen molar-refractivity contribution in [3.05, 3.63) is 23.5 Å². The van der Waals surface area contributed by atoms with Crippen molar-refractivity contribution < 1.29 is 18.0 Å². The van der Waals surface area contributed by atoms with Crippen LogP contribution < -0.4 is 10.6 Å². The summed E-state index contributed by atoms with van der Waals surface area (Å²) in [6.45, 7) is 2.76. The van der Waals surface area contributed by atoms with Crippen molar-refractivity contribution in [2.45, 2.75) is 20.0 Å². The molecule has 1 aromatic heterocycles. The number of nitrogens with one attached hydrogen (secondary N) is 2. The average Bonchev–Trinajstić information content (AvgIpc) is 2.25. The Balaban J connectivity index is 2.84. The van der Waals surface area contributed by atoms with Gasteiger partial charge in [0, 0.05) is 18.4 Å². The molecule has 1 amide bonds. The quantitative estimate of drug-likeness (QED) is 0.872. The van der Waals surface area contributed by atoms with Gasteiger partial charge in [0.2, 0.25) is 0 Å². The molecule has 0 aliphatic rings. The fourth-order valence-corrected chi connectivity index (χ4v) is 1.35. The maximum Gasteiger partial charge on any atom is 0.405 e. The van der Waals surface area contributed by atoms with Crippen LogP contribution >= 0.6 is 0 Å². The fraction of sp³-hybridized carbons (Fsp3) is 0.455. The minimum atomic E-state index is -4.42. The number of aryl methyl sites for hydroxylation is 1. The van der Waals surface area contributed by atoms with Gasteiger partial charge in [-0.1, -0.05) is 0 Å². The Morgan fingerprint density at radius 1 is 1.44 bits per heavy atom. The van der Waals surface area contributed by atoms with E-state index in [0.717, 1.165) is 0 Å². The Hall–Kier alpha value is -1.79. The molecule has 2 N–H and O–H groups in total. The predicted octanol–water partition coefficient (Wildman–Crippen LogP) is 2.11. The Morgan fingerprint density at radius 2 is 2.11 bits per heavy atom. The van der Waals surface area contributed by atoms with Gasteiger partial charge in [0.05, 0.1) is 11.3 Å². The molecule has 7 heteroatoms. The summed E-state index contributed by atoms with van der Waals surface area (Å²) in [6.07, 6.45) is -3.16. The molecule has 0 unspecified atom stereocenters. The van der Waals surface area contributed by atoms with Gasteiger partial charge < -0.3 is 10.6 Å². The molecule has 0 saturated carbocycles. The third-order valence-corrected chi connectivity index (χ3v) is 2.10. The summed E-state index contributed by atoms with van der Waals surface area (Å²) in [6, 6.07) is 1.62. The number of anilines is 1. The molecule has 0 bridgehead atoms. The lowest BCUT2D eigenvalue weighted by Crippen LogP contribution is -2.34. The molecule has 100 valence electrons. The zero-order valence-electron chi connectivity index (χ0n) is 10.1. The van der Waals surface area contributed by atoms with Crippen molar-refractivity contribution in [3.8, 4) is 0 Å². The average molecular weight is 261 g/mol. The van der Waals surface area contributed by atoms with Gasteiger partial charge in [-0.05, 0) is 19.9 Å². The van der Waals surface area contributed by atoms with Crippen molar-refractivity contribution in [1.29, 1.82) is 0 Å². The molecule has 0 saturated heterocycles. The molecule has 0 spiro atoms. The Kier molecular flexibility index (Phi) is 4.52. The molecule has 1 rings (SSSR count). The number of alkyl halides is 3. The van der Waals surface area contributed by atoms with Gasteiger partial charge in [-0.25, -0.2) is 0 Å². The third kappa shape index (κ3) is 4.23. The molecule has 0 aliphatic carbocycles. The van der Waals surface area contributed by atoms with E-state index in [1.807, 2.05) is 12.2 Å². The Morgan fingerprint density at radius 3 is 2.67 bits per heavy atom. The van der Waals surface area contributed by atoms with Crippen LogP contribution in [-0.2, 0) is 0 Å². The number of halogens is 3. The second-order valence-electron chi connectivity index (χ2n) is 3.70. The van der Waals surface area contributed by atoms with E-state index in [2.05, 4.69) is 10.3 Å². The maximum absolute atomic E-state index is 12.0. The van der Waals surface area contributed by atoms with Crippen molar-refractivity contribution in [2.75, 3.05) is 18.4 Å². The summed E-state index contributed by atoms with van der Waals surface area (Å²) in [5.74, 6) is -0.796. The lowest BCUT2D eigenvalue weighted by atomic mass is 10.2. The number of pyridine rings is 1. The van der Waals surface area contributed by atoms with E-state index < -0.39 is 18.6 Å². The minimum absolute atomic E-state index is 0.103. The highest BCUT2D eigenvalue weighted by molar-refractivity contribution is 5.99. The van der Waals surface area contributed by atoms with Crippen LogP contribution in [0, 0.1) is 6.92 Å². The number of hydrogen-bond donors (Lipinski definition) is 2. The van der Waals surface area contributed by atoms with Crippen molar-refractivity contribution >= 4 is 11.6 Å². The van der Waals surface area contributed by atoms with Crippen LogP contribution in [0.25, 0.3) is 0 Å². The number of aromatic nitrogens is 1. The van der Waals surface area contributed by atoms with Gasteiger partial charge in [0.25, 0.3) is 5.91 Å². The van der Waals surface area contributed by atoms with E-state index in [1.54, 1.807) is 13.0 Å². The second-order valence-corrected chi connectivity index (χ2v) is 3.70. The Labute approximate surface area is 103 Å². The smallest absolute Gasteiger partial charge is 0.385 e. The van der Waals surface area contributed by atoms with Crippen LogP contribution in [-0.4, -0.2) is 30.2 Å². The second kappa shape index (κ2) is 5.70. The summed E-state index contributed by atoms with van der Waals surface area (Å²) >= 11 is 0. The van der Waals surface area contributed by atoms with Gasteiger partial charge in [-0.2, -0.15) is 13.2 Å². The largest absolute Gasteiger partial charge is 0.405 e. The number of carbonyl (C=O) groups is 1. The SMILES string of the molecule is CCNc1cc(C)ncc1C(=O)NCC(F)(F)F. The van der Waals surface area contributed by atoms with Gasteiger partial charge in [0.15, 0.2) is 0 Å². The van der Waals surface area contributed by atoms with Crippen molar-refractivity contribution in [3.63, 3.8) is 0 Å². The zero-order chi connectivity index (χ0) is 13.8. The standard InChI is InChI=1S/C11H14F3N3O/c1-3-15-9-4-7(2)16-5-8(9)10(18)17-6-11(12,13)14/h4-5H,3,6H2,1-2H3,(H,15,16)(H,17,18). The zero-order valence-corrected chi connectivity index (χ0v) is 10.1. The van der Waals surface area contributed by atoms with Gasteiger partial charge in [-0.15, -0.1) is 0 Å². The molecule has 0 radical (unpaired) electrons. The molecule has 1 aromatic rings. The van der Waals surface area contributed by atoms with Crippen LogP contribution in [0.3, 0.4) is 0 Å². The van der Waals surface area contributed by atoms with Gasteiger partial charge >= 0.3 is 6.18 Å². The number of hydrogen-bond acceptors (Lipinski definition) is 3. The summed E-state index contributed by atoms with van der Waals surface area (Å²) in [5.41, 5.74) is 1.26. The van der Waals surface area contributed by atoms with Gasteiger partial charge in [0.1, 0.15) is 6.54 Å². The highest BCUT2D eigenvalue weighted by Gasteiger charge is 2.28. The lowest BCUT2D eigenvalue weighted by Gasteiger charge is -2.12. The number of amides is 1. The van der Waals surface area contributed by atoms with Crippen molar-refractivity contribution in [1.82, 2.24) is 10.3 Å². The number of rotatable bonds is 4. The van der Waals surface area contributed by atoms with E-state index in [-0.39, 0.29) is 5.56 Å². The van der Waals surface area contributed by atoms with Crippen LogP contribution in [0.4, 0.5) is 18.9 Å². The normalized spacial score (nSPS) is 11.2. The Bertz CT molecular complexity index is 432. The number of nitrogens with zero attached hydrogens (tertiary/aromatic N) is 1.